The molecule has 2 aromatic heterocycles. The van der Waals surface area contributed by atoms with E-state index >= 15 is 0 Å². The maximum atomic E-state index is 5.56. The molecule has 0 saturated heterocycles. The van der Waals surface area contributed by atoms with Gasteiger partial charge in [0.1, 0.15) is 11.5 Å². The number of rotatable bonds is 7. The summed E-state index contributed by atoms with van der Waals surface area (Å²) in [5, 5.41) is 9.54. The van der Waals surface area contributed by atoms with Gasteiger partial charge in [-0.05, 0) is 42.5 Å². The molecule has 7 heteroatoms. The van der Waals surface area contributed by atoms with Gasteiger partial charge in [-0.25, -0.2) is 0 Å². The SMILES string of the molecule is COc1ccc(OC)c(CSc2nnc(-c3ccco3)n2-c2ccccc2)c1. The number of benzene rings is 2. The molecule has 0 fully saturated rings. The molecule has 2 aromatic carbocycles. The molecule has 4 aromatic rings. The molecular weight excluding hydrogens is 374 g/mol. The summed E-state index contributed by atoms with van der Waals surface area (Å²) in [5.41, 5.74) is 1.99. The highest BCUT2D eigenvalue weighted by Gasteiger charge is 2.18. The standard InChI is InChI=1S/C21H19N3O3S/c1-25-17-10-11-18(26-2)15(13-17)14-28-21-23-22-20(19-9-6-12-27-19)24(21)16-7-4-3-5-8-16/h3-13H,14H2,1-2H3. The number of methoxy groups -OCH3 is 2. The average Bonchev–Trinajstić information content (AvgIpc) is 3.42. The summed E-state index contributed by atoms with van der Waals surface area (Å²) in [5.74, 6) is 3.59. The number of hydrogen-bond donors (Lipinski definition) is 0. The van der Waals surface area contributed by atoms with Crippen LogP contribution in [-0.2, 0) is 5.75 Å². The molecule has 4 rings (SSSR count). The predicted octanol–water partition coefficient (Wildman–Crippen LogP) is 4.84. The number of ether oxygens (including phenoxy) is 2. The highest BCUT2D eigenvalue weighted by Crippen LogP contribution is 2.33. The first-order chi connectivity index (χ1) is 13.8. The lowest BCUT2D eigenvalue weighted by Gasteiger charge is -2.11. The zero-order valence-corrected chi connectivity index (χ0v) is 16.3. The van der Waals surface area contributed by atoms with E-state index in [1.807, 2.05) is 65.2 Å². The fraction of sp³-hybridized carbons (Fsp3) is 0.143. The van der Waals surface area contributed by atoms with Gasteiger partial charge in [-0.1, -0.05) is 30.0 Å². The van der Waals surface area contributed by atoms with Gasteiger partial charge in [-0.15, -0.1) is 10.2 Å². The van der Waals surface area contributed by atoms with Crippen molar-refractivity contribution < 1.29 is 13.9 Å². The number of nitrogens with zero attached hydrogens (tertiary/aromatic N) is 3. The van der Waals surface area contributed by atoms with Crippen LogP contribution in [0.3, 0.4) is 0 Å². The van der Waals surface area contributed by atoms with Gasteiger partial charge >= 0.3 is 0 Å². The maximum Gasteiger partial charge on any atom is 0.205 e. The smallest absolute Gasteiger partial charge is 0.205 e. The number of para-hydroxylation sites is 1. The molecule has 0 radical (unpaired) electrons. The summed E-state index contributed by atoms with van der Waals surface area (Å²) in [6.45, 7) is 0. The molecule has 2 heterocycles. The minimum absolute atomic E-state index is 0.656. The Bertz CT molecular complexity index is 1050. The van der Waals surface area contributed by atoms with E-state index in [-0.39, 0.29) is 0 Å². The topological polar surface area (TPSA) is 62.3 Å². The van der Waals surface area contributed by atoms with Crippen LogP contribution >= 0.6 is 11.8 Å². The third-order valence-electron chi connectivity index (χ3n) is 4.23. The minimum Gasteiger partial charge on any atom is -0.497 e. The van der Waals surface area contributed by atoms with Crippen LogP contribution in [0.5, 0.6) is 11.5 Å². The lowest BCUT2D eigenvalue weighted by Crippen LogP contribution is -1.99. The Morgan fingerprint density at radius 3 is 2.54 bits per heavy atom. The Balaban J connectivity index is 1.69. The molecular formula is C21H19N3O3S. The summed E-state index contributed by atoms with van der Waals surface area (Å²) < 4.78 is 18.4. The van der Waals surface area contributed by atoms with E-state index in [4.69, 9.17) is 13.9 Å². The molecule has 0 bridgehead atoms. The van der Waals surface area contributed by atoms with Crippen LogP contribution < -0.4 is 9.47 Å². The molecule has 0 aliphatic heterocycles. The number of thioether (sulfide) groups is 1. The number of aromatic nitrogens is 3. The van der Waals surface area contributed by atoms with Gasteiger partial charge in [0.25, 0.3) is 0 Å². The lowest BCUT2D eigenvalue weighted by molar-refractivity contribution is 0.400. The van der Waals surface area contributed by atoms with Gasteiger partial charge < -0.3 is 13.9 Å². The number of furan rings is 1. The van der Waals surface area contributed by atoms with Gasteiger partial charge in [0.05, 0.1) is 20.5 Å². The maximum absolute atomic E-state index is 5.56. The monoisotopic (exact) mass is 393 g/mol. The minimum atomic E-state index is 0.656. The van der Waals surface area contributed by atoms with Gasteiger partial charge in [0.15, 0.2) is 10.9 Å². The van der Waals surface area contributed by atoms with Crippen LogP contribution in [0.15, 0.2) is 76.5 Å². The highest BCUT2D eigenvalue weighted by atomic mass is 32.2. The Kier molecular flexibility index (Phi) is 5.34. The Morgan fingerprint density at radius 2 is 1.82 bits per heavy atom. The molecule has 0 atom stereocenters. The largest absolute Gasteiger partial charge is 0.497 e. The van der Waals surface area contributed by atoms with Crippen LogP contribution in [0.25, 0.3) is 17.3 Å². The van der Waals surface area contributed by atoms with E-state index in [9.17, 15) is 0 Å². The average molecular weight is 393 g/mol. The van der Waals surface area contributed by atoms with Crippen molar-refractivity contribution in [3.05, 3.63) is 72.5 Å². The Hall–Kier alpha value is -3.19. The van der Waals surface area contributed by atoms with Gasteiger partial charge in [0, 0.05) is 17.0 Å². The first kappa shape index (κ1) is 18.2. The second kappa shape index (κ2) is 8.22. The second-order valence-electron chi connectivity index (χ2n) is 5.92. The quantitative estimate of drug-likeness (QED) is 0.419. The molecule has 0 saturated carbocycles. The Morgan fingerprint density at radius 1 is 0.964 bits per heavy atom. The van der Waals surface area contributed by atoms with Gasteiger partial charge in [-0.2, -0.15) is 0 Å². The summed E-state index contributed by atoms with van der Waals surface area (Å²) >= 11 is 1.57. The van der Waals surface area contributed by atoms with Crippen molar-refractivity contribution in [1.29, 1.82) is 0 Å². The van der Waals surface area contributed by atoms with Crippen molar-refractivity contribution in [1.82, 2.24) is 14.8 Å². The Labute approximate surface area is 167 Å². The van der Waals surface area contributed by atoms with Crippen molar-refractivity contribution in [2.45, 2.75) is 10.9 Å². The van der Waals surface area contributed by atoms with E-state index in [1.54, 1.807) is 32.2 Å². The predicted molar refractivity (Wildman–Crippen MR) is 108 cm³/mol. The van der Waals surface area contributed by atoms with Crippen LogP contribution in [0, 0.1) is 0 Å². The van der Waals surface area contributed by atoms with Crippen LogP contribution in [0.4, 0.5) is 0 Å². The normalized spacial score (nSPS) is 10.8. The molecule has 6 nitrogen and oxygen atoms in total. The van der Waals surface area contributed by atoms with Crippen molar-refractivity contribution in [2.24, 2.45) is 0 Å². The van der Waals surface area contributed by atoms with Crippen LogP contribution in [0.2, 0.25) is 0 Å². The molecule has 0 N–H and O–H groups in total. The van der Waals surface area contributed by atoms with Crippen molar-refractivity contribution in [3.63, 3.8) is 0 Å². The summed E-state index contributed by atoms with van der Waals surface area (Å²) in [6, 6.07) is 19.5. The fourth-order valence-electron chi connectivity index (χ4n) is 2.88. The first-order valence-electron chi connectivity index (χ1n) is 8.68. The van der Waals surface area contributed by atoms with E-state index in [0.29, 0.717) is 17.3 Å². The summed E-state index contributed by atoms with van der Waals surface area (Å²) in [6.07, 6.45) is 1.63. The lowest BCUT2D eigenvalue weighted by atomic mass is 10.2. The van der Waals surface area contributed by atoms with E-state index < -0.39 is 0 Å². The zero-order valence-electron chi connectivity index (χ0n) is 15.5. The molecule has 142 valence electrons. The van der Waals surface area contributed by atoms with Gasteiger partial charge in [-0.3, -0.25) is 4.57 Å². The first-order valence-corrected chi connectivity index (χ1v) is 9.67. The fourth-order valence-corrected chi connectivity index (χ4v) is 3.81. The third-order valence-corrected chi connectivity index (χ3v) is 5.21. The van der Waals surface area contributed by atoms with Gasteiger partial charge in [0.2, 0.25) is 5.82 Å². The molecule has 0 aliphatic carbocycles. The highest BCUT2D eigenvalue weighted by molar-refractivity contribution is 7.98. The van der Waals surface area contributed by atoms with E-state index in [0.717, 1.165) is 27.9 Å². The van der Waals surface area contributed by atoms with E-state index in [1.165, 1.54) is 0 Å². The van der Waals surface area contributed by atoms with E-state index in [2.05, 4.69) is 10.2 Å². The second-order valence-corrected chi connectivity index (χ2v) is 6.86. The van der Waals surface area contributed by atoms with Crippen molar-refractivity contribution in [2.75, 3.05) is 14.2 Å². The molecule has 0 spiro atoms. The zero-order chi connectivity index (χ0) is 19.3. The molecule has 0 unspecified atom stereocenters. The van der Waals surface area contributed by atoms with Crippen molar-refractivity contribution in [3.8, 4) is 28.8 Å². The van der Waals surface area contributed by atoms with Crippen LogP contribution in [-0.4, -0.2) is 29.0 Å². The van der Waals surface area contributed by atoms with Crippen LogP contribution in [0.1, 0.15) is 5.56 Å². The molecule has 0 aliphatic rings. The molecule has 0 amide bonds. The summed E-state index contributed by atoms with van der Waals surface area (Å²) in [4.78, 5) is 0. The summed E-state index contributed by atoms with van der Waals surface area (Å²) in [7, 11) is 3.32. The third kappa shape index (κ3) is 3.61. The number of hydrogen-bond acceptors (Lipinski definition) is 6. The van der Waals surface area contributed by atoms with Crippen molar-refractivity contribution >= 4 is 11.8 Å². The molecule has 28 heavy (non-hydrogen) atoms.